The number of carboxylic acid groups (broad SMARTS) is 1. The van der Waals surface area contributed by atoms with Crippen LogP contribution < -0.4 is 10.6 Å². The summed E-state index contributed by atoms with van der Waals surface area (Å²) < 4.78 is 11.9. The Morgan fingerprint density at radius 3 is 2.32 bits per heavy atom. The maximum atomic E-state index is 11.9. The monoisotopic (exact) mass is 463 g/mol. The van der Waals surface area contributed by atoms with Gasteiger partial charge in [-0.15, -0.1) is 0 Å². The van der Waals surface area contributed by atoms with Crippen molar-refractivity contribution >= 4 is 11.7 Å². The normalized spacial score (nSPS) is 11.0. The Morgan fingerprint density at radius 1 is 1.03 bits per heavy atom. The zero-order valence-corrected chi connectivity index (χ0v) is 19.2. The van der Waals surface area contributed by atoms with E-state index < -0.39 is 5.97 Å². The molecular weight excluding hydrogens is 433 g/mol. The number of phenols is 1. The number of aromatic hydroxyl groups is 1. The summed E-state index contributed by atoms with van der Waals surface area (Å²) in [6.07, 6.45) is 0.924. The summed E-state index contributed by atoms with van der Waals surface area (Å²) in [7, 11) is 0. The van der Waals surface area contributed by atoms with E-state index in [1.807, 2.05) is 30.3 Å². The molecule has 0 saturated carbocycles. The molecule has 0 aliphatic carbocycles. The Hall–Kier alpha value is -3.89. The minimum Gasteiger partial charge on any atom is -0.504 e. The molecule has 0 amide bonds. The number of benzene rings is 3. The number of nitriles is 1. The van der Waals surface area contributed by atoms with Gasteiger partial charge in [-0.3, -0.25) is 4.79 Å². The first-order chi connectivity index (χ1) is 16.4. The molecule has 0 radical (unpaired) electrons. The molecular formula is C27H30FN3O3. The van der Waals surface area contributed by atoms with Crippen LogP contribution in [0.15, 0.2) is 72.8 Å². The summed E-state index contributed by atoms with van der Waals surface area (Å²) in [6.45, 7) is 4.47. The van der Waals surface area contributed by atoms with Crippen LogP contribution in [0.5, 0.6) is 5.75 Å². The highest BCUT2D eigenvalue weighted by molar-refractivity contribution is 5.70. The van der Waals surface area contributed by atoms with E-state index in [4.69, 9.17) is 10.4 Å². The Kier molecular flexibility index (Phi) is 11.1. The molecule has 1 unspecified atom stereocenters. The van der Waals surface area contributed by atoms with Crippen molar-refractivity contribution in [3.63, 3.8) is 0 Å². The SMILES string of the molecule is CC(CNCCCNc1cccc(C#N)c1O)c1ccc(CC(=O)O)cc1.Fc1ccccc1. The van der Waals surface area contributed by atoms with Gasteiger partial charge in [0.05, 0.1) is 17.7 Å². The van der Waals surface area contributed by atoms with Crippen LogP contribution in [0.2, 0.25) is 0 Å². The highest BCUT2D eigenvalue weighted by atomic mass is 19.1. The lowest BCUT2D eigenvalue weighted by Gasteiger charge is -2.14. The van der Waals surface area contributed by atoms with Crippen LogP contribution in [0.1, 0.15) is 36.0 Å². The smallest absolute Gasteiger partial charge is 0.307 e. The second-order valence-electron chi connectivity index (χ2n) is 7.81. The summed E-state index contributed by atoms with van der Waals surface area (Å²) in [5.41, 5.74) is 2.82. The number of nitrogens with zero attached hydrogens (tertiary/aromatic N) is 1. The standard InChI is InChI=1S/C21H25N3O3.C6H5F/c1-15(17-8-6-16(7-9-17)12-20(25)26)14-23-10-3-11-24-19-5-2-4-18(13-22)21(19)27;7-6-4-2-1-3-5-6/h2,4-9,15,23-24,27H,3,10-12,14H2,1H3,(H,25,26);1-5H. The number of hydrogen-bond donors (Lipinski definition) is 4. The van der Waals surface area contributed by atoms with Crippen molar-refractivity contribution in [2.75, 3.05) is 25.0 Å². The minimum atomic E-state index is -0.821. The van der Waals surface area contributed by atoms with Gasteiger partial charge in [0.2, 0.25) is 0 Å². The fraction of sp³-hybridized carbons (Fsp3) is 0.259. The minimum absolute atomic E-state index is 0.00655. The first-order valence-corrected chi connectivity index (χ1v) is 11.1. The molecule has 0 aromatic heterocycles. The van der Waals surface area contributed by atoms with Crippen LogP contribution in [0.4, 0.5) is 10.1 Å². The predicted molar refractivity (Wildman–Crippen MR) is 131 cm³/mol. The molecule has 0 aliphatic rings. The molecule has 0 spiro atoms. The first-order valence-electron chi connectivity index (χ1n) is 11.1. The van der Waals surface area contributed by atoms with E-state index in [-0.39, 0.29) is 23.6 Å². The molecule has 6 nitrogen and oxygen atoms in total. The molecule has 178 valence electrons. The van der Waals surface area contributed by atoms with E-state index in [2.05, 4.69) is 17.6 Å². The van der Waals surface area contributed by atoms with Gasteiger partial charge >= 0.3 is 5.97 Å². The van der Waals surface area contributed by atoms with Gasteiger partial charge in [0.25, 0.3) is 0 Å². The van der Waals surface area contributed by atoms with E-state index in [9.17, 15) is 14.3 Å². The lowest BCUT2D eigenvalue weighted by atomic mass is 9.99. The molecule has 0 aliphatic heterocycles. The third-order valence-electron chi connectivity index (χ3n) is 5.09. The quantitative estimate of drug-likeness (QED) is 0.251. The largest absolute Gasteiger partial charge is 0.504 e. The number of halogens is 1. The summed E-state index contributed by atoms with van der Waals surface area (Å²) >= 11 is 0. The van der Waals surface area contributed by atoms with Crippen molar-refractivity contribution in [2.45, 2.75) is 25.7 Å². The number of carboxylic acids is 1. The molecule has 7 heteroatoms. The molecule has 0 bridgehead atoms. The molecule has 0 fully saturated rings. The van der Waals surface area contributed by atoms with E-state index in [0.717, 1.165) is 25.1 Å². The van der Waals surface area contributed by atoms with Gasteiger partial charge < -0.3 is 20.8 Å². The fourth-order valence-electron chi connectivity index (χ4n) is 3.20. The van der Waals surface area contributed by atoms with Gasteiger partial charge in [0.1, 0.15) is 11.9 Å². The molecule has 1 atom stereocenters. The maximum Gasteiger partial charge on any atom is 0.307 e. The number of phenolic OH excluding ortho intramolecular Hbond substituents is 1. The second kappa shape index (κ2) is 14.3. The Bertz CT molecular complexity index is 1070. The lowest BCUT2D eigenvalue weighted by molar-refractivity contribution is -0.136. The van der Waals surface area contributed by atoms with Gasteiger partial charge in [-0.05, 0) is 54.3 Å². The molecule has 3 rings (SSSR count). The number of aliphatic carboxylic acids is 1. The zero-order chi connectivity index (χ0) is 24.8. The zero-order valence-electron chi connectivity index (χ0n) is 19.2. The van der Waals surface area contributed by atoms with Crippen LogP contribution in [-0.4, -0.2) is 35.8 Å². The predicted octanol–water partition coefficient (Wildman–Crippen LogP) is 4.91. The summed E-state index contributed by atoms with van der Waals surface area (Å²) in [6, 6.07) is 22.7. The van der Waals surface area contributed by atoms with Crippen LogP contribution in [0.25, 0.3) is 0 Å². The average Bonchev–Trinajstić information content (AvgIpc) is 2.83. The van der Waals surface area contributed by atoms with Crippen molar-refractivity contribution in [1.29, 1.82) is 5.26 Å². The highest BCUT2D eigenvalue weighted by Crippen LogP contribution is 2.26. The van der Waals surface area contributed by atoms with E-state index in [1.54, 1.807) is 36.4 Å². The fourth-order valence-corrected chi connectivity index (χ4v) is 3.20. The van der Waals surface area contributed by atoms with Gasteiger partial charge in [0, 0.05) is 13.1 Å². The third-order valence-corrected chi connectivity index (χ3v) is 5.09. The molecule has 0 saturated heterocycles. The van der Waals surface area contributed by atoms with Crippen LogP contribution in [-0.2, 0) is 11.2 Å². The second-order valence-corrected chi connectivity index (χ2v) is 7.81. The highest BCUT2D eigenvalue weighted by Gasteiger charge is 2.07. The molecule has 4 N–H and O–H groups in total. The Morgan fingerprint density at radius 2 is 1.74 bits per heavy atom. The summed E-state index contributed by atoms with van der Waals surface area (Å²) in [5.74, 6) is -0.678. The molecule has 3 aromatic rings. The molecule has 3 aromatic carbocycles. The van der Waals surface area contributed by atoms with Gasteiger partial charge in [-0.2, -0.15) is 5.26 Å². The average molecular weight is 464 g/mol. The molecule has 34 heavy (non-hydrogen) atoms. The van der Waals surface area contributed by atoms with Crippen molar-refractivity contribution in [1.82, 2.24) is 5.32 Å². The van der Waals surface area contributed by atoms with Crippen molar-refractivity contribution < 1.29 is 19.4 Å². The van der Waals surface area contributed by atoms with Crippen LogP contribution in [0, 0.1) is 17.1 Å². The number of rotatable bonds is 10. The maximum absolute atomic E-state index is 11.9. The first kappa shape index (κ1) is 26.4. The van der Waals surface area contributed by atoms with Crippen molar-refractivity contribution in [3.8, 4) is 11.8 Å². The van der Waals surface area contributed by atoms with Gasteiger partial charge in [-0.25, -0.2) is 4.39 Å². The van der Waals surface area contributed by atoms with Crippen molar-refractivity contribution in [3.05, 3.63) is 95.3 Å². The summed E-state index contributed by atoms with van der Waals surface area (Å²) in [4.78, 5) is 10.7. The number of anilines is 1. The van der Waals surface area contributed by atoms with E-state index in [0.29, 0.717) is 18.2 Å². The number of para-hydroxylation sites is 1. The Labute approximate surface area is 199 Å². The van der Waals surface area contributed by atoms with Crippen LogP contribution in [0.3, 0.4) is 0 Å². The topological polar surface area (TPSA) is 105 Å². The van der Waals surface area contributed by atoms with Crippen LogP contribution >= 0.6 is 0 Å². The van der Waals surface area contributed by atoms with E-state index >= 15 is 0 Å². The number of carbonyl (C=O) groups is 1. The molecule has 0 heterocycles. The Balaban J connectivity index is 0.000000497. The third kappa shape index (κ3) is 9.31. The van der Waals surface area contributed by atoms with Gasteiger partial charge in [-0.1, -0.05) is 55.5 Å². The van der Waals surface area contributed by atoms with Crippen molar-refractivity contribution in [2.24, 2.45) is 0 Å². The number of hydrogen-bond acceptors (Lipinski definition) is 5. The summed E-state index contributed by atoms with van der Waals surface area (Å²) in [5, 5.41) is 34.2. The number of nitrogens with one attached hydrogen (secondary N) is 2. The van der Waals surface area contributed by atoms with E-state index in [1.165, 1.54) is 17.7 Å². The lowest BCUT2D eigenvalue weighted by Crippen LogP contribution is -2.23. The van der Waals surface area contributed by atoms with Gasteiger partial charge in [0.15, 0.2) is 5.75 Å².